The summed E-state index contributed by atoms with van der Waals surface area (Å²) in [5.41, 5.74) is 0. The third-order valence-electron chi connectivity index (χ3n) is 2.96. The Labute approximate surface area is 95.6 Å². The van der Waals surface area contributed by atoms with Crippen molar-refractivity contribution in [2.24, 2.45) is 11.8 Å². The molecule has 92 valence electrons. The lowest BCUT2D eigenvalue weighted by Gasteiger charge is -2.22. The van der Waals surface area contributed by atoms with Crippen LogP contribution in [0.3, 0.4) is 0 Å². The summed E-state index contributed by atoms with van der Waals surface area (Å²) in [6.07, 6.45) is 0.827. The molecule has 0 radical (unpaired) electrons. The highest BCUT2D eigenvalue weighted by Gasteiger charge is 2.26. The molecule has 1 heterocycles. The van der Waals surface area contributed by atoms with Crippen molar-refractivity contribution in [3.63, 3.8) is 0 Å². The molecular formula is C11H20N2O3. The number of carboxylic acids is 1. The molecule has 0 aromatic rings. The van der Waals surface area contributed by atoms with Gasteiger partial charge in [0.15, 0.2) is 0 Å². The van der Waals surface area contributed by atoms with Crippen molar-refractivity contribution in [2.75, 3.05) is 13.1 Å². The Hall–Kier alpha value is -1.10. The Morgan fingerprint density at radius 3 is 2.62 bits per heavy atom. The first-order chi connectivity index (χ1) is 7.50. The number of rotatable bonds is 5. The van der Waals surface area contributed by atoms with Gasteiger partial charge in [0, 0.05) is 12.6 Å². The minimum absolute atomic E-state index is 0.00459. The minimum atomic E-state index is -0.872. The van der Waals surface area contributed by atoms with Crippen LogP contribution in [0.25, 0.3) is 0 Å². The van der Waals surface area contributed by atoms with E-state index in [0.717, 1.165) is 13.0 Å². The van der Waals surface area contributed by atoms with Gasteiger partial charge in [-0.05, 0) is 18.9 Å². The molecule has 16 heavy (non-hydrogen) atoms. The van der Waals surface area contributed by atoms with Crippen molar-refractivity contribution in [1.29, 1.82) is 0 Å². The molecule has 1 amide bonds. The molecule has 0 spiro atoms. The predicted molar refractivity (Wildman–Crippen MR) is 60.0 cm³/mol. The third kappa shape index (κ3) is 3.81. The number of nitrogens with one attached hydrogen (secondary N) is 2. The zero-order valence-corrected chi connectivity index (χ0v) is 9.82. The minimum Gasteiger partial charge on any atom is -0.481 e. The highest BCUT2D eigenvalue weighted by Crippen LogP contribution is 2.11. The Morgan fingerprint density at radius 2 is 2.19 bits per heavy atom. The van der Waals surface area contributed by atoms with Crippen LogP contribution in [0.5, 0.6) is 0 Å². The molecular weight excluding hydrogens is 208 g/mol. The molecule has 0 aliphatic carbocycles. The fourth-order valence-electron chi connectivity index (χ4n) is 1.82. The second kappa shape index (κ2) is 5.84. The molecule has 0 aromatic carbocycles. The Balaban J connectivity index is 2.46. The van der Waals surface area contributed by atoms with E-state index in [0.29, 0.717) is 6.54 Å². The van der Waals surface area contributed by atoms with Gasteiger partial charge in [-0.3, -0.25) is 9.59 Å². The molecule has 0 aromatic heterocycles. The average molecular weight is 228 g/mol. The van der Waals surface area contributed by atoms with Crippen LogP contribution in [0.2, 0.25) is 0 Å². The normalized spacial score (nSPS) is 22.1. The molecule has 2 unspecified atom stereocenters. The van der Waals surface area contributed by atoms with Gasteiger partial charge in [0.05, 0.1) is 12.3 Å². The van der Waals surface area contributed by atoms with Crippen LogP contribution in [0, 0.1) is 11.8 Å². The first-order valence-corrected chi connectivity index (χ1v) is 5.73. The van der Waals surface area contributed by atoms with Crippen molar-refractivity contribution in [1.82, 2.24) is 10.6 Å². The zero-order valence-electron chi connectivity index (χ0n) is 9.82. The number of amides is 1. The molecule has 0 bridgehead atoms. The maximum absolute atomic E-state index is 11.8. The van der Waals surface area contributed by atoms with Gasteiger partial charge >= 0.3 is 5.97 Å². The predicted octanol–water partition coefficient (Wildman–Crippen LogP) is 0.211. The van der Waals surface area contributed by atoms with E-state index in [1.54, 1.807) is 0 Å². The van der Waals surface area contributed by atoms with E-state index in [1.807, 2.05) is 13.8 Å². The Bertz CT molecular complexity index is 260. The first kappa shape index (κ1) is 13.0. The van der Waals surface area contributed by atoms with Gasteiger partial charge < -0.3 is 15.7 Å². The highest BCUT2D eigenvalue weighted by molar-refractivity contribution is 5.80. The number of carboxylic acid groups (broad SMARTS) is 1. The summed E-state index contributed by atoms with van der Waals surface area (Å²) in [6, 6.07) is -0.273. The van der Waals surface area contributed by atoms with Crippen molar-refractivity contribution < 1.29 is 14.7 Å². The van der Waals surface area contributed by atoms with Crippen LogP contribution in [-0.4, -0.2) is 36.1 Å². The fraction of sp³-hybridized carbons (Fsp3) is 0.818. The van der Waals surface area contributed by atoms with Crippen LogP contribution in [0.4, 0.5) is 0 Å². The van der Waals surface area contributed by atoms with Crippen LogP contribution in [-0.2, 0) is 9.59 Å². The maximum atomic E-state index is 11.8. The lowest BCUT2D eigenvalue weighted by molar-refractivity contribution is -0.138. The molecule has 1 aliphatic rings. The monoisotopic (exact) mass is 228 g/mol. The van der Waals surface area contributed by atoms with Gasteiger partial charge in [-0.2, -0.15) is 0 Å². The number of hydrogen-bond acceptors (Lipinski definition) is 3. The molecule has 5 nitrogen and oxygen atoms in total. The molecule has 3 N–H and O–H groups in total. The Kier molecular flexibility index (Phi) is 4.73. The lowest BCUT2D eigenvalue weighted by atomic mass is 9.99. The van der Waals surface area contributed by atoms with Crippen LogP contribution in [0.15, 0.2) is 0 Å². The maximum Gasteiger partial charge on any atom is 0.305 e. The number of hydrogen-bond donors (Lipinski definition) is 3. The van der Waals surface area contributed by atoms with Gasteiger partial charge in [0.25, 0.3) is 0 Å². The van der Waals surface area contributed by atoms with Crippen LogP contribution < -0.4 is 10.6 Å². The first-order valence-electron chi connectivity index (χ1n) is 5.73. The van der Waals surface area contributed by atoms with Gasteiger partial charge in [0.1, 0.15) is 0 Å². The third-order valence-corrected chi connectivity index (χ3v) is 2.96. The second-order valence-corrected chi connectivity index (χ2v) is 4.65. The summed E-state index contributed by atoms with van der Waals surface area (Å²) < 4.78 is 0. The van der Waals surface area contributed by atoms with E-state index in [4.69, 9.17) is 5.11 Å². The highest BCUT2D eigenvalue weighted by atomic mass is 16.4. The zero-order chi connectivity index (χ0) is 12.1. The average Bonchev–Trinajstić information content (AvgIpc) is 2.68. The van der Waals surface area contributed by atoms with Gasteiger partial charge in [-0.1, -0.05) is 13.8 Å². The van der Waals surface area contributed by atoms with Crippen molar-refractivity contribution in [3.8, 4) is 0 Å². The molecule has 1 rings (SSSR count). The quantitative estimate of drug-likeness (QED) is 0.628. The van der Waals surface area contributed by atoms with Gasteiger partial charge in [-0.15, -0.1) is 0 Å². The smallest absolute Gasteiger partial charge is 0.305 e. The van der Waals surface area contributed by atoms with Gasteiger partial charge in [-0.25, -0.2) is 0 Å². The SMILES string of the molecule is CC(C)C(CC(=O)O)NC(=O)C1CCNC1. The van der Waals surface area contributed by atoms with E-state index in [1.165, 1.54) is 0 Å². The standard InChI is InChI=1S/C11H20N2O3/c1-7(2)9(5-10(14)15)13-11(16)8-3-4-12-6-8/h7-9,12H,3-6H2,1-2H3,(H,13,16)(H,14,15). The fourth-order valence-corrected chi connectivity index (χ4v) is 1.82. The lowest BCUT2D eigenvalue weighted by Crippen LogP contribution is -2.43. The van der Waals surface area contributed by atoms with Crippen molar-refractivity contribution >= 4 is 11.9 Å². The summed E-state index contributed by atoms with van der Waals surface area (Å²) in [5, 5.41) is 14.7. The summed E-state index contributed by atoms with van der Waals surface area (Å²) in [4.78, 5) is 22.5. The Morgan fingerprint density at radius 1 is 1.50 bits per heavy atom. The van der Waals surface area contributed by atoms with E-state index in [9.17, 15) is 9.59 Å². The second-order valence-electron chi connectivity index (χ2n) is 4.65. The van der Waals surface area contributed by atoms with E-state index < -0.39 is 5.97 Å². The molecule has 5 heteroatoms. The summed E-state index contributed by atoms with van der Waals surface area (Å²) >= 11 is 0. The summed E-state index contributed by atoms with van der Waals surface area (Å²) in [7, 11) is 0. The largest absolute Gasteiger partial charge is 0.481 e. The molecule has 0 saturated carbocycles. The van der Waals surface area contributed by atoms with Crippen LogP contribution in [0.1, 0.15) is 26.7 Å². The number of carbonyl (C=O) groups is 2. The number of aliphatic carboxylic acids is 1. The van der Waals surface area contributed by atoms with Crippen molar-refractivity contribution in [3.05, 3.63) is 0 Å². The summed E-state index contributed by atoms with van der Waals surface area (Å²) in [6.45, 7) is 5.40. The molecule has 1 fully saturated rings. The number of carbonyl (C=O) groups excluding carboxylic acids is 1. The van der Waals surface area contributed by atoms with Gasteiger partial charge in [0.2, 0.25) is 5.91 Å². The van der Waals surface area contributed by atoms with E-state index in [2.05, 4.69) is 10.6 Å². The van der Waals surface area contributed by atoms with Crippen LogP contribution >= 0.6 is 0 Å². The van der Waals surface area contributed by atoms with E-state index in [-0.39, 0.29) is 30.2 Å². The van der Waals surface area contributed by atoms with Crippen molar-refractivity contribution in [2.45, 2.75) is 32.7 Å². The van der Waals surface area contributed by atoms with E-state index >= 15 is 0 Å². The molecule has 2 atom stereocenters. The molecule has 1 aliphatic heterocycles. The molecule has 1 saturated heterocycles. The topological polar surface area (TPSA) is 78.4 Å². The summed E-state index contributed by atoms with van der Waals surface area (Å²) in [5.74, 6) is -0.766.